The van der Waals surface area contributed by atoms with Gasteiger partial charge in [-0.2, -0.15) is 10.1 Å². The molecule has 0 bridgehead atoms. The highest BCUT2D eigenvalue weighted by Gasteiger charge is 2.22. The number of carbonyl (C=O) groups excluding carboxylic acids is 1. The van der Waals surface area contributed by atoms with Crippen molar-refractivity contribution in [2.45, 2.75) is 39.5 Å². The highest BCUT2D eigenvalue weighted by Crippen LogP contribution is 2.32. The number of pyridine rings is 1. The van der Waals surface area contributed by atoms with Gasteiger partial charge in [0.15, 0.2) is 5.65 Å². The van der Waals surface area contributed by atoms with Crippen molar-refractivity contribution in [2.75, 3.05) is 20.2 Å². The molecule has 1 aliphatic rings. The third kappa shape index (κ3) is 3.57. The van der Waals surface area contributed by atoms with Gasteiger partial charge in [0.05, 0.1) is 18.5 Å². The molecule has 0 spiro atoms. The van der Waals surface area contributed by atoms with Gasteiger partial charge in [-0.15, -0.1) is 0 Å². The lowest BCUT2D eigenvalue weighted by Gasteiger charge is -2.17. The topological polar surface area (TPSA) is 60.3 Å². The Morgan fingerprint density at radius 3 is 2.69 bits per heavy atom. The van der Waals surface area contributed by atoms with Crippen LogP contribution in [0.25, 0.3) is 16.7 Å². The lowest BCUT2D eigenvalue weighted by atomic mass is 10.0. The largest absolute Gasteiger partial charge is 0.481 e. The Morgan fingerprint density at radius 1 is 1.24 bits per heavy atom. The zero-order chi connectivity index (χ0) is 20.5. The van der Waals surface area contributed by atoms with Crippen molar-refractivity contribution in [1.29, 1.82) is 0 Å². The van der Waals surface area contributed by atoms with Gasteiger partial charge in [-0.3, -0.25) is 4.79 Å². The van der Waals surface area contributed by atoms with Crippen molar-refractivity contribution in [2.24, 2.45) is 0 Å². The number of aromatic nitrogens is 3. The van der Waals surface area contributed by atoms with Gasteiger partial charge >= 0.3 is 0 Å². The molecule has 0 radical (unpaired) electrons. The molecule has 2 aromatic heterocycles. The zero-order valence-corrected chi connectivity index (χ0v) is 17.0. The molecule has 29 heavy (non-hydrogen) atoms. The lowest BCUT2D eigenvalue weighted by Crippen LogP contribution is -2.27. The summed E-state index contributed by atoms with van der Waals surface area (Å²) in [7, 11) is 1.58. The molecule has 0 saturated carbocycles. The van der Waals surface area contributed by atoms with E-state index in [9.17, 15) is 9.18 Å². The average Bonchev–Trinajstić information content (AvgIpc) is 3.35. The van der Waals surface area contributed by atoms with E-state index in [2.05, 4.69) is 10.1 Å². The molecular formula is C22H25FN4O2. The summed E-state index contributed by atoms with van der Waals surface area (Å²) in [6.45, 7) is 5.63. The van der Waals surface area contributed by atoms with Crippen LogP contribution in [-0.4, -0.2) is 45.8 Å². The minimum atomic E-state index is -0.329. The number of carbonyl (C=O) groups is 1. The van der Waals surface area contributed by atoms with Crippen molar-refractivity contribution in [1.82, 2.24) is 19.7 Å². The normalized spacial score (nSPS) is 14.0. The minimum Gasteiger partial charge on any atom is -0.481 e. The van der Waals surface area contributed by atoms with Crippen molar-refractivity contribution in [3.63, 3.8) is 0 Å². The maximum Gasteiger partial charge on any atom is 0.222 e. The maximum atomic E-state index is 13.7. The second-order valence-electron chi connectivity index (χ2n) is 7.49. The standard InChI is InChI=1S/C22H25FN4O2/c1-14-18(9-10-19(28)26-11-4-5-12-26)22(29-3)24-21-20(14)15(2)25-27(21)17-8-6-7-16(23)13-17/h6-8,13H,4-5,9-12H2,1-3H3. The van der Waals surface area contributed by atoms with Crippen LogP contribution < -0.4 is 4.74 Å². The van der Waals surface area contributed by atoms with Crippen LogP contribution in [0, 0.1) is 19.7 Å². The molecule has 1 aromatic carbocycles. The first-order chi connectivity index (χ1) is 14.0. The molecule has 1 saturated heterocycles. The fourth-order valence-corrected chi connectivity index (χ4v) is 4.14. The highest BCUT2D eigenvalue weighted by atomic mass is 19.1. The van der Waals surface area contributed by atoms with Crippen LogP contribution in [0.5, 0.6) is 5.88 Å². The van der Waals surface area contributed by atoms with Crippen LogP contribution in [0.2, 0.25) is 0 Å². The predicted octanol–water partition coefficient (Wildman–Crippen LogP) is 3.74. The number of aryl methyl sites for hydroxylation is 2. The van der Waals surface area contributed by atoms with E-state index in [1.807, 2.05) is 18.7 Å². The van der Waals surface area contributed by atoms with E-state index in [0.29, 0.717) is 30.1 Å². The van der Waals surface area contributed by atoms with E-state index in [-0.39, 0.29) is 11.7 Å². The second-order valence-corrected chi connectivity index (χ2v) is 7.49. The summed E-state index contributed by atoms with van der Waals surface area (Å²) >= 11 is 0. The number of likely N-dealkylation sites (tertiary alicyclic amines) is 1. The quantitative estimate of drug-likeness (QED) is 0.659. The Hall–Kier alpha value is -2.96. The number of hydrogen-bond acceptors (Lipinski definition) is 4. The molecule has 1 fully saturated rings. The van der Waals surface area contributed by atoms with Gasteiger partial charge in [0.1, 0.15) is 5.82 Å². The summed E-state index contributed by atoms with van der Waals surface area (Å²) in [5.41, 5.74) is 3.96. The third-order valence-corrected chi connectivity index (χ3v) is 5.62. The van der Waals surface area contributed by atoms with Crippen LogP contribution in [-0.2, 0) is 11.2 Å². The number of hydrogen-bond donors (Lipinski definition) is 0. The van der Waals surface area contributed by atoms with Gasteiger partial charge in [-0.05, 0) is 56.9 Å². The fourth-order valence-electron chi connectivity index (χ4n) is 4.14. The minimum absolute atomic E-state index is 0.177. The van der Waals surface area contributed by atoms with Crippen LogP contribution in [0.15, 0.2) is 24.3 Å². The summed E-state index contributed by atoms with van der Waals surface area (Å²) in [6.07, 6.45) is 3.17. The summed E-state index contributed by atoms with van der Waals surface area (Å²) in [4.78, 5) is 19.1. The van der Waals surface area contributed by atoms with E-state index in [1.165, 1.54) is 12.1 Å². The average molecular weight is 396 g/mol. The summed E-state index contributed by atoms with van der Waals surface area (Å²) in [6, 6.07) is 6.27. The summed E-state index contributed by atoms with van der Waals surface area (Å²) in [5.74, 6) is 0.336. The number of rotatable bonds is 5. The molecule has 4 rings (SSSR count). The molecule has 0 aliphatic carbocycles. The van der Waals surface area contributed by atoms with E-state index < -0.39 is 0 Å². The first-order valence-corrected chi connectivity index (χ1v) is 9.96. The van der Waals surface area contributed by atoms with Gasteiger partial charge in [-0.25, -0.2) is 9.07 Å². The van der Waals surface area contributed by atoms with E-state index in [1.54, 1.807) is 23.9 Å². The first-order valence-electron chi connectivity index (χ1n) is 9.96. The Kier molecular flexibility index (Phi) is 5.22. The molecule has 3 aromatic rings. The van der Waals surface area contributed by atoms with E-state index in [0.717, 1.165) is 48.1 Å². The third-order valence-electron chi connectivity index (χ3n) is 5.62. The van der Waals surface area contributed by atoms with Gasteiger partial charge in [0.25, 0.3) is 0 Å². The maximum absolute atomic E-state index is 13.7. The monoisotopic (exact) mass is 396 g/mol. The van der Waals surface area contributed by atoms with Gasteiger partial charge in [0, 0.05) is 30.5 Å². The zero-order valence-electron chi connectivity index (χ0n) is 17.0. The second kappa shape index (κ2) is 7.81. The molecule has 1 aliphatic heterocycles. The first kappa shape index (κ1) is 19.4. The smallest absolute Gasteiger partial charge is 0.222 e. The number of methoxy groups -OCH3 is 1. The Labute approximate surface area is 169 Å². The lowest BCUT2D eigenvalue weighted by molar-refractivity contribution is -0.130. The molecule has 1 amide bonds. The molecule has 152 valence electrons. The Bertz CT molecular complexity index is 1070. The molecule has 0 atom stereocenters. The number of halogens is 1. The molecule has 0 unspecified atom stereocenters. The molecule has 3 heterocycles. The van der Waals surface area contributed by atoms with Gasteiger partial charge < -0.3 is 9.64 Å². The van der Waals surface area contributed by atoms with Gasteiger partial charge in [0.2, 0.25) is 11.8 Å². The van der Waals surface area contributed by atoms with E-state index >= 15 is 0 Å². The van der Waals surface area contributed by atoms with Crippen LogP contribution >= 0.6 is 0 Å². The van der Waals surface area contributed by atoms with Crippen molar-refractivity contribution in [3.8, 4) is 11.6 Å². The van der Waals surface area contributed by atoms with Gasteiger partial charge in [-0.1, -0.05) is 6.07 Å². The van der Waals surface area contributed by atoms with Crippen molar-refractivity contribution >= 4 is 16.9 Å². The molecule has 0 N–H and O–H groups in total. The molecule has 7 heteroatoms. The summed E-state index contributed by atoms with van der Waals surface area (Å²) in [5, 5.41) is 5.51. The number of ether oxygens (including phenoxy) is 1. The SMILES string of the molecule is COc1nc2c(c(C)nn2-c2cccc(F)c2)c(C)c1CCC(=O)N1CCCC1. The number of nitrogens with zero attached hydrogens (tertiary/aromatic N) is 4. The predicted molar refractivity (Wildman–Crippen MR) is 109 cm³/mol. The summed E-state index contributed by atoms with van der Waals surface area (Å²) < 4.78 is 20.9. The highest BCUT2D eigenvalue weighted by molar-refractivity contribution is 5.86. The Balaban J connectivity index is 1.74. The molecule has 6 nitrogen and oxygen atoms in total. The Morgan fingerprint density at radius 2 is 2.00 bits per heavy atom. The number of fused-ring (bicyclic) bond motifs is 1. The molecular weight excluding hydrogens is 371 g/mol. The van der Waals surface area contributed by atoms with Crippen LogP contribution in [0.1, 0.15) is 36.1 Å². The number of amides is 1. The van der Waals surface area contributed by atoms with E-state index in [4.69, 9.17) is 4.74 Å². The van der Waals surface area contributed by atoms with Crippen molar-refractivity contribution < 1.29 is 13.9 Å². The van der Waals surface area contributed by atoms with Crippen molar-refractivity contribution in [3.05, 3.63) is 46.9 Å². The fraction of sp³-hybridized carbons (Fsp3) is 0.409. The number of benzene rings is 1. The van der Waals surface area contributed by atoms with Crippen LogP contribution in [0.3, 0.4) is 0 Å². The van der Waals surface area contributed by atoms with Crippen LogP contribution in [0.4, 0.5) is 4.39 Å².